The number of carbonyl (C=O) groups is 1. The van der Waals surface area contributed by atoms with Crippen molar-refractivity contribution < 1.29 is 23.9 Å². The minimum absolute atomic E-state index is 0.0205. The summed E-state index contributed by atoms with van der Waals surface area (Å²) < 4.78 is 15.6. The maximum absolute atomic E-state index is 12.1. The van der Waals surface area contributed by atoms with Gasteiger partial charge in [0.15, 0.2) is 11.5 Å². The summed E-state index contributed by atoms with van der Waals surface area (Å²) in [5, 5.41) is 11.5. The molecule has 3 rings (SSSR count). The highest BCUT2D eigenvalue weighted by Gasteiger charge is 2.35. The number of pyridine rings is 1. The Morgan fingerprint density at radius 1 is 1.29 bits per heavy atom. The van der Waals surface area contributed by atoms with E-state index in [2.05, 4.69) is 4.98 Å². The van der Waals surface area contributed by atoms with Gasteiger partial charge in [0.2, 0.25) is 5.82 Å². The summed E-state index contributed by atoms with van der Waals surface area (Å²) in [6.45, 7) is 0.460. The molecule has 28 heavy (non-hydrogen) atoms. The topological polar surface area (TPSA) is 104 Å². The molecule has 1 aromatic heterocycles. The first-order valence-corrected chi connectivity index (χ1v) is 8.67. The van der Waals surface area contributed by atoms with Crippen LogP contribution in [0.3, 0.4) is 0 Å². The Hall–Kier alpha value is -3.36. The molecule has 1 aliphatic rings. The monoisotopic (exact) mass is 387 g/mol. The van der Waals surface area contributed by atoms with E-state index in [1.807, 2.05) is 12.1 Å². The molecule has 0 saturated carbocycles. The van der Waals surface area contributed by atoms with Gasteiger partial charge < -0.3 is 19.1 Å². The Balaban J connectivity index is 2.13. The fraction of sp³-hybridized carbons (Fsp3) is 0.368. The third-order valence-electron chi connectivity index (χ3n) is 4.83. The third-order valence-corrected chi connectivity index (χ3v) is 4.83. The Bertz CT molecular complexity index is 901. The number of methoxy groups -OCH3 is 3. The Morgan fingerprint density at radius 3 is 2.64 bits per heavy atom. The summed E-state index contributed by atoms with van der Waals surface area (Å²) in [5.41, 5.74) is 1.71. The zero-order valence-corrected chi connectivity index (χ0v) is 15.9. The second kappa shape index (κ2) is 8.12. The highest BCUT2D eigenvalue weighted by molar-refractivity contribution is 5.73. The molecule has 1 atom stereocenters. The quantitative estimate of drug-likeness (QED) is 0.423. The van der Waals surface area contributed by atoms with E-state index >= 15 is 0 Å². The van der Waals surface area contributed by atoms with Crippen LogP contribution in [-0.2, 0) is 16.0 Å². The van der Waals surface area contributed by atoms with Crippen molar-refractivity contribution in [3.8, 4) is 11.5 Å². The number of rotatable bonds is 6. The maximum Gasteiger partial charge on any atom is 0.311 e. The van der Waals surface area contributed by atoms with Gasteiger partial charge >= 0.3 is 11.7 Å². The fourth-order valence-electron chi connectivity index (χ4n) is 3.50. The standard InChI is InChI=1S/C19H21N3O6/c1-26-16-9-12-6-8-21(19-14(22(24)25)5-4-7-20-19)15(11-18(23)28-3)13(12)10-17(16)27-2/h4-5,7,9-10,15H,6,8,11H2,1-3H3/t15-/m0/s1. The first-order valence-electron chi connectivity index (χ1n) is 8.67. The number of hydrogen-bond acceptors (Lipinski definition) is 8. The molecule has 0 fully saturated rings. The molecule has 148 valence electrons. The lowest BCUT2D eigenvalue weighted by atomic mass is 9.90. The number of benzene rings is 1. The predicted octanol–water partition coefficient (Wildman–Crippen LogP) is 2.67. The molecule has 0 saturated heterocycles. The van der Waals surface area contributed by atoms with Gasteiger partial charge in [-0.15, -0.1) is 0 Å². The number of esters is 1. The average Bonchev–Trinajstić information content (AvgIpc) is 2.72. The lowest BCUT2D eigenvalue weighted by Crippen LogP contribution is -2.38. The van der Waals surface area contributed by atoms with Crippen LogP contribution in [0.5, 0.6) is 11.5 Å². The number of aromatic nitrogens is 1. The second-order valence-electron chi connectivity index (χ2n) is 6.25. The van der Waals surface area contributed by atoms with Crippen molar-refractivity contribution in [2.45, 2.75) is 18.9 Å². The van der Waals surface area contributed by atoms with Gasteiger partial charge in [0, 0.05) is 18.8 Å². The highest BCUT2D eigenvalue weighted by Crippen LogP contribution is 2.42. The minimum Gasteiger partial charge on any atom is -0.493 e. The molecule has 0 amide bonds. The summed E-state index contributed by atoms with van der Waals surface area (Å²) in [5.74, 6) is 0.918. The predicted molar refractivity (Wildman–Crippen MR) is 101 cm³/mol. The van der Waals surface area contributed by atoms with Crippen molar-refractivity contribution in [3.05, 3.63) is 51.7 Å². The SMILES string of the molecule is COC(=O)C[C@H]1c2cc(OC)c(OC)cc2CCN1c1ncccc1[N+](=O)[O-]. The Kier molecular flexibility index (Phi) is 5.62. The average molecular weight is 387 g/mol. The summed E-state index contributed by atoms with van der Waals surface area (Å²) in [7, 11) is 4.40. The molecule has 9 nitrogen and oxygen atoms in total. The van der Waals surface area contributed by atoms with Gasteiger partial charge in [-0.1, -0.05) is 0 Å². The number of nitro groups is 1. The van der Waals surface area contributed by atoms with Crippen LogP contribution in [-0.4, -0.2) is 43.8 Å². The van der Waals surface area contributed by atoms with Crippen LogP contribution < -0.4 is 14.4 Å². The largest absolute Gasteiger partial charge is 0.493 e. The molecule has 0 spiro atoms. The fourth-order valence-corrected chi connectivity index (χ4v) is 3.50. The van der Waals surface area contributed by atoms with E-state index in [9.17, 15) is 14.9 Å². The lowest BCUT2D eigenvalue weighted by molar-refractivity contribution is -0.384. The summed E-state index contributed by atoms with van der Waals surface area (Å²) in [6, 6.07) is 6.13. The second-order valence-corrected chi connectivity index (χ2v) is 6.25. The number of ether oxygens (including phenoxy) is 3. The molecule has 0 aliphatic carbocycles. The molecule has 0 N–H and O–H groups in total. The lowest BCUT2D eigenvalue weighted by Gasteiger charge is -2.37. The number of anilines is 1. The van der Waals surface area contributed by atoms with Gasteiger partial charge in [0.05, 0.1) is 38.7 Å². The molecule has 2 heterocycles. The molecular weight excluding hydrogens is 366 g/mol. The van der Waals surface area contributed by atoms with Crippen LogP contribution in [0.1, 0.15) is 23.6 Å². The first kappa shape index (κ1) is 19.4. The number of nitrogens with zero attached hydrogens (tertiary/aromatic N) is 3. The molecule has 9 heteroatoms. The van der Waals surface area contributed by atoms with Gasteiger partial charge in [0.1, 0.15) is 0 Å². The van der Waals surface area contributed by atoms with Crippen molar-refractivity contribution in [2.24, 2.45) is 0 Å². The number of hydrogen-bond donors (Lipinski definition) is 0. The van der Waals surface area contributed by atoms with E-state index in [0.717, 1.165) is 11.1 Å². The normalized spacial score (nSPS) is 15.5. The van der Waals surface area contributed by atoms with Gasteiger partial charge in [-0.25, -0.2) is 4.98 Å². The van der Waals surface area contributed by atoms with Gasteiger partial charge in [-0.05, 0) is 35.7 Å². The van der Waals surface area contributed by atoms with Crippen molar-refractivity contribution in [2.75, 3.05) is 32.8 Å². The van der Waals surface area contributed by atoms with Gasteiger partial charge in [-0.3, -0.25) is 14.9 Å². The van der Waals surface area contributed by atoms with Gasteiger partial charge in [0.25, 0.3) is 0 Å². The van der Waals surface area contributed by atoms with E-state index in [-0.39, 0.29) is 17.9 Å². The summed E-state index contributed by atoms with van der Waals surface area (Å²) in [6.07, 6.45) is 2.13. The zero-order chi connectivity index (χ0) is 20.3. The van der Waals surface area contributed by atoms with Crippen molar-refractivity contribution in [3.63, 3.8) is 0 Å². The van der Waals surface area contributed by atoms with Crippen molar-refractivity contribution in [1.29, 1.82) is 0 Å². The first-order chi connectivity index (χ1) is 13.5. The smallest absolute Gasteiger partial charge is 0.311 e. The van der Waals surface area contributed by atoms with Crippen LogP contribution in [0, 0.1) is 10.1 Å². The van der Waals surface area contributed by atoms with Gasteiger partial charge in [-0.2, -0.15) is 0 Å². The van der Waals surface area contributed by atoms with Crippen LogP contribution in [0.25, 0.3) is 0 Å². The molecule has 1 aromatic carbocycles. The molecule has 0 bridgehead atoms. The maximum atomic E-state index is 12.1. The molecule has 0 unspecified atom stereocenters. The number of carbonyl (C=O) groups excluding carboxylic acids is 1. The van der Waals surface area contributed by atoms with E-state index < -0.39 is 16.9 Å². The van der Waals surface area contributed by atoms with Crippen molar-refractivity contribution >= 4 is 17.5 Å². The van der Waals surface area contributed by atoms with Crippen LogP contribution in [0.15, 0.2) is 30.5 Å². The van der Waals surface area contributed by atoms with E-state index in [0.29, 0.717) is 24.5 Å². The van der Waals surface area contributed by atoms with E-state index in [1.54, 1.807) is 12.0 Å². The van der Waals surface area contributed by atoms with Crippen molar-refractivity contribution in [1.82, 2.24) is 4.98 Å². The summed E-state index contributed by atoms with van der Waals surface area (Å²) in [4.78, 5) is 29.1. The number of fused-ring (bicyclic) bond motifs is 1. The minimum atomic E-state index is -0.482. The third kappa shape index (κ3) is 3.55. The van der Waals surface area contributed by atoms with Crippen LogP contribution in [0.2, 0.25) is 0 Å². The molecule has 0 radical (unpaired) electrons. The molecule has 2 aromatic rings. The van der Waals surface area contributed by atoms with E-state index in [4.69, 9.17) is 14.2 Å². The Labute approximate surface area is 162 Å². The van der Waals surface area contributed by atoms with E-state index in [1.165, 1.54) is 32.5 Å². The molecule has 1 aliphatic heterocycles. The van der Waals surface area contributed by atoms with Crippen LogP contribution >= 0.6 is 0 Å². The molecular formula is C19H21N3O6. The van der Waals surface area contributed by atoms with Crippen LogP contribution in [0.4, 0.5) is 11.5 Å². The highest BCUT2D eigenvalue weighted by atomic mass is 16.6. The summed E-state index contributed by atoms with van der Waals surface area (Å²) >= 11 is 0. The Morgan fingerprint density at radius 2 is 2.00 bits per heavy atom. The zero-order valence-electron chi connectivity index (χ0n) is 15.9.